The molecule has 0 amide bonds. The minimum absolute atomic E-state index is 0.186. The molecule has 0 aliphatic carbocycles. The zero-order valence-corrected chi connectivity index (χ0v) is 6.56. The molecule has 0 saturated heterocycles. The number of aromatic hydroxyl groups is 2. The lowest BCUT2D eigenvalue weighted by molar-refractivity contribution is 0.403. The van der Waals surface area contributed by atoms with Gasteiger partial charge in [0.1, 0.15) is 0 Å². The summed E-state index contributed by atoms with van der Waals surface area (Å²) < 4.78 is 4.85. The molecule has 2 N–H and O–H groups in total. The van der Waals surface area contributed by atoms with Crippen LogP contribution >= 0.6 is 0 Å². The highest BCUT2D eigenvalue weighted by Crippen LogP contribution is 2.35. The van der Waals surface area contributed by atoms with Gasteiger partial charge < -0.3 is 14.6 Å². The summed E-state index contributed by atoms with van der Waals surface area (Å²) >= 11 is 0. The topological polar surface area (TPSA) is 66.5 Å². The van der Waals surface area contributed by atoms with E-state index in [4.69, 9.17) is 4.42 Å². The quantitative estimate of drug-likeness (QED) is 0.647. The Morgan fingerprint density at radius 2 is 2.15 bits per heavy atom. The maximum atomic E-state index is 9.42. The van der Waals surface area contributed by atoms with Gasteiger partial charge in [-0.1, -0.05) is 6.07 Å². The maximum absolute atomic E-state index is 9.42. The third-order valence-corrected chi connectivity index (χ3v) is 1.67. The first-order chi connectivity index (χ1) is 6.29. The average Bonchev–Trinajstić information content (AvgIpc) is 2.62. The monoisotopic (exact) mass is 176 g/mol. The number of para-hydroxylation sites is 1. The Labute approximate surface area is 74.1 Å². The Kier molecular flexibility index (Phi) is 1.66. The summed E-state index contributed by atoms with van der Waals surface area (Å²) in [6.07, 6.45) is 3.67. The van der Waals surface area contributed by atoms with Gasteiger partial charge >= 0.3 is 0 Å². The van der Waals surface area contributed by atoms with Gasteiger partial charge in [0.25, 0.3) is 6.39 Å². The molecule has 0 bridgehead atoms. The van der Waals surface area contributed by atoms with Gasteiger partial charge in [0.15, 0.2) is 17.3 Å². The van der Waals surface area contributed by atoms with Crippen LogP contribution in [0.25, 0.3) is 11.3 Å². The molecule has 4 nitrogen and oxygen atoms in total. The highest BCUT2D eigenvalue weighted by molar-refractivity contribution is 5.68. The fourth-order valence-corrected chi connectivity index (χ4v) is 1.04. The van der Waals surface area contributed by atoms with Gasteiger partial charge in [0.05, 0.1) is 11.8 Å². The Morgan fingerprint density at radius 3 is 2.85 bits per heavy atom. The van der Waals surface area contributed by atoms with E-state index in [-0.39, 0.29) is 11.5 Å². The van der Waals surface area contributed by atoms with Crippen LogP contribution in [0.5, 0.6) is 11.5 Å². The van der Waals surface area contributed by atoms with Crippen molar-refractivity contribution in [2.45, 2.75) is 0 Å². The van der Waals surface area contributed by atoms with Crippen molar-refractivity contribution in [3.63, 3.8) is 0 Å². The van der Waals surface area contributed by atoms with E-state index in [9.17, 15) is 10.2 Å². The number of phenolic OH excluding ortho intramolecular Hbond substituents is 2. The smallest absolute Gasteiger partial charge is 0.284 e. The van der Waals surface area contributed by atoms with Crippen LogP contribution in [0.1, 0.15) is 0 Å². The van der Waals surface area contributed by atoms with E-state index < -0.39 is 0 Å². The Bertz CT molecular complexity index is 409. The van der Waals surface area contributed by atoms with Crippen LogP contribution in [-0.4, -0.2) is 15.2 Å². The highest BCUT2D eigenvalue weighted by Gasteiger charge is 2.10. The molecule has 1 aromatic heterocycles. The second-order valence-electron chi connectivity index (χ2n) is 2.49. The molecule has 0 unspecified atom stereocenters. The van der Waals surface area contributed by atoms with Gasteiger partial charge in [-0.3, -0.25) is 0 Å². The summed E-state index contributed by atoms with van der Waals surface area (Å²) in [5, 5.41) is 18.6. The van der Waals surface area contributed by atoms with Crippen LogP contribution in [0, 0.1) is 6.39 Å². The van der Waals surface area contributed by atoms with E-state index in [0.29, 0.717) is 11.3 Å². The fourth-order valence-electron chi connectivity index (χ4n) is 1.04. The molecular formula is C9H6NO3. The minimum atomic E-state index is -0.215. The second-order valence-corrected chi connectivity index (χ2v) is 2.49. The first kappa shape index (κ1) is 7.67. The number of benzene rings is 1. The molecule has 1 radical (unpaired) electrons. The van der Waals surface area contributed by atoms with Crippen molar-refractivity contribution in [2.24, 2.45) is 0 Å². The lowest BCUT2D eigenvalue weighted by atomic mass is 10.1. The van der Waals surface area contributed by atoms with Gasteiger partial charge in [0, 0.05) is 0 Å². The predicted molar refractivity (Wildman–Crippen MR) is 44.1 cm³/mol. The van der Waals surface area contributed by atoms with Gasteiger partial charge in [-0.25, -0.2) is 4.98 Å². The summed E-state index contributed by atoms with van der Waals surface area (Å²) in [4.78, 5) is 3.58. The SMILES string of the molecule is Oc1cccc(-c2cn[c]o2)c1O. The zero-order valence-electron chi connectivity index (χ0n) is 6.56. The van der Waals surface area contributed by atoms with E-state index in [1.807, 2.05) is 0 Å². The third-order valence-electron chi connectivity index (χ3n) is 1.67. The Morgan fingerprint density at radius 1 is 1.31 bits per heavy atom. The van der Waals surface area contributed by atoms with Gasteiger partial charge in [-0.2, -0.15) is 0 Å². The number of hydrogen-bond donors (Lipinski definition) is 2. The summed E-state index contributed by atoms with van der Waals surface area (Å²) in [6.45, 7) is 0. The molecule has 0 aliphatic rings. The highest BCUT2D eigenvalue weighted by atomic mass is 16.3. The number of oxazole rings is 1. The van der Waals surface area contributed by atoms with Crippen LogP contribution in [0.4, 0.5) is 0 Å². The normalized spacial score (nSPS) is 10.2. The van der Waals surface area contributed by atoms with Gasteiger partial charge in [-0.15, -0.1) is 0 Å². The molecule has 0 aliphatic heterocycles. The first-order valence-corrected chi connectivity index (χ1v) is 3.62. The van der Waals surface area contributed by atoms with E-state index in [1.54, 1.807) is 12.1 Å². The van der Waals surface area contributed by atoms with E-state index in [0.717, 1.165) is 0 Å². The largest absolute Gasteiger partial charge is 0.504 e. The maximum Gasteiger partial charge on any atom is 0.284 e. The predicted octanol–water partition coefficient (Wildman–Crippen LogP) is 1.55. The minimum Gasteiger partial charge on any atom is -0.504 e. The van der Waals surface area contributed by atoms with Crippen molar-refractivity contribution in [2.75, 3.05) is 0 Å². The number of rotatable bonds is 1. The van der Waals surface area contributed by atoms with Crippen molar-refractivity contribution < 1.29 is 14.6 Å². The average molecular weight is 176 g/mol. The van der Waals surface area contributed by atoms with E-state index in [1.165, 1.54) is 12.3 Å². The molecule has 13 heavy (non-hydrogen) atoms. The molecule has 1 heterocycles. The summed E-state index contributed by atoms with van der Waals surface area (Å²) in [5.74, 6) is -0.0325. The third kappa shape index (κ3) is 1.22. The molecule has 0 spiro atoms. The van der Waals surface area contributed by atoms with Gasteiger partial charge in [0.2, 0.25) is 0 Å². The van der Waals surface area contributed by atoms with Crippen molar-refractivity contribution in [1.29, 1.82) is 0 Å². The van der Waals surface area contributed by atoms with Crippen LogP contribution in [0.2, 0.25) is 0 Å². The standard InChI is InChI=1S/C9H6NO3/c11-7-3-1-2-6(9(7)12)8-4-10-5-13-8/h1-4,11-12H. The van der Waals surface area contributed by atoms with Crippen LogP contribution < -0.4 is 0 Å². The van der Waals surface area contributed by atoms with Crippen molar-refractivity contribution in [3.05, 3.63) is 30.8 Å². The molecule has 65 valence electrons. The van der Waals surface area contributed by atoms with Crippen LogP contribution in [0.3, 0.4) is 0 Å². The summed E-state index contributed by atoms with van der Waals surface area (Å²) in [5.41, 5.74) is 0.397. The zero-order chi connectivity index (χ0) is 9.26. The number of hydrogen-bond acceptors (Lipinski definition) is 4. The fraction of sp³-hybridized carbons (Fsp3) is 0. The Hall–Kier alpha value is -1.97. The number of nitrogens with zero attached hydrogens (tertiary/aromatic N) is 1. The first-order valence-electron chi connectivity index (χ1n) is 3.62. The Balaban J connectivity index is 2.59. The lowest BCUT2D eigenvalue weighted by Gasteiger charge is -2.01. The molecular weight excluding hydrogens is 170 g/mol. The summed E-state index contributed by atoms with van der Waals surface area (Å²) in [7, 11) is 0. The molecule has 1 aromatic carbocycles. The van der Waals surface area contributed by atoms with Crippen molar-refractivity contribution in [3.8, 4) is 22.8 Å². The van der Waals surface area contributed by atoms with Gasteiger partial charge in [-0.05, 0) is 12.1 Å². The molecule has 0 saturated carbocycles. The molecule has 4 heteroatoms. The molecule has 0 fully saturated rings. The second kappa shape index (κ2) is 2.82. The lowest BCUT2D eigenvalue weighted by Crippen LogP contribution is -1.76. The van der Waals surface area contributed by atoms with Crippen molar-refractivity contribution in [1.82, 2.24) is 4.98 Å². The molecule has 2 aromatic rings. The van der Waals surface area contributed by atoms with Crippen LogP contribution in [-0.2, 0) is 0 Å². The number of aromatic nitrogens is 1. The van der Waals surface area contributed by atoms with Crippen LogP contribution in [0.15, 0.2) is 28.8 Å². The summed E-state index contributed by atoms with van der Waals surface area (Å²) in [6, 6.07) is 4.61. The van der Waals surface area contributed by atoms with E-state index >= 15 is 0 Å². The van der Waals surface area contributed by atoms with Crippen molar-refractivity contribution >= 4 is 0 Å². The number of phenols is 2. The van der Waals surface area contributed by atoms with E-state index in [2.05, 4.69) is 11.4 Å². The molecule has 2 rings (SSSR count). The molecule has 0 atom stereocenters.